The lowest BCUT2D eigenvalue weighted by Crippen LogP contribution is -2.29. The number of carbonyl (C=O) groups excluding carboxylic acids is 2. The van der Waals surface area contributed by atoms with Gasteiger partial charge in [-0.05, 0) is 12.0 Å². The van der Waals surface area contributed by atoms with Gasteiger partial charge in [0.1, 0.15) is 6.61 Å². The fraction of sp³-hybridized carbons (Fsp3) is 0.467. The number of hydrogen-bond donors (Lipinski definition) is 1. The summed E-state index contributed by atoms with van der Waals surface area (Å²) in [5.74, 6) is 0.0464. The van der Waals surface area contributed by atoms with Crippen molar-refractivity contribution >= 4 is 11.9 Å². The van der Waals surface area contributed by atoms with Crippen molar-refractivity contribution in [3.05, 3.63) is 35.9 Å². The molecule has 0 bridgehead atoms. The van der Waals surface area contributed by atoms with Crippen molar-refractivity contribution < 1.29 is 14.3 Å². The van der Waals surface area contributed by atoms with Crippen LogP contribution in [-0.4, -0.2) is 18.4 Å². The molecule has 1 aromatic carbocycles. The molecule has 0 heterocycles. The number of ketones is 1. The Morgan fingerprint density at radius 1 is 1.16 bits per heavy atom. The van der Waals surface area contributed by atoms with Gasteiger partial charge in [-0.2, -0.15) is 0 Å². The molecule has 1 aromatic rings. The van der Waals surface area contributed by atoms with Crippen LogP contribution in [0.4, 0.5) is 4.79 Å². The number of rotatable bonds is 8. The second kappa shape index (κ2) is 9.14. The molecule has 4 heteroatoms. The molecular formula is C15H21NO3. The number of amides is 1. The summed E-state index contributed by atoms with van der Waals surface area (Å²) < 4.78 is 5.00. The van der Waals surface area contributed by atoms with Gasteiger partial charge in [-0.1, -0.05) is 50.1 Å². The van der Waals surface area contributed by atoms with E-state index >= 15 is 0 Å². The predicted molar refractivity (Wildman–Crippen MR) is 73.8 cm³/mol. The average Bonchev–Trinajstić information content (AvgIpc) is 2.44. The highest BCUT2D eigenvalue weighted by molar-refractivity contribution is 5.83. The van der Waals surface area contributed by atoms with Gasteiger partial charge in [0.15, 0.2) is 5.78 Å². The zero-order valence-electron chi connectivity index (χ0n) is 11.4. The maximum absolute atomic E-state index is 11.4. The van der Waals surface area contributed by atoms with Gasteiger partial charge >= 0.3 is 6.09 Å². The Bertz CT molecular complexity index is 390. The van der Waals surface area contributed by atoms with Gasteiger partial charge < -0.3 is 10.1 Å². The monoisotopic (exact) mass is 263 g/mol. The van der Waals surface area contributed by atoms with Crippen LogP contribution in [0.1, 0.15) is 38.2 Å². The highest BCUT2D eigenvalue weighted by Gasteiger charge is 2.06. The molecule has 0 aliphatic carbocycles. The number of benzene rings is 1. The van der Waals surface area contributed by atoms with E-state index in [1.807, 2.05) is 30.3 Å². The largest absolute Gasteiger partial charge is 0.445 e. The molecular weight excluding hydrogens is 242 g/mol. The van der Waals surface area contributed by atoms with E-state index in [1.165, 1.54) is 0 Å². The van der Waals surface area contributed by atoms with Gasteiger partial charge in [0, 0.05) is 6.42 Å². The fourth-order valence-electron chi connectivity index (χ4n) is 1.61. The zero-order chi connectivity index (χ0) is 13.9. The van der Waals surface area contributed by atoms with Crippen molar-refractivity contribution in [1.29, 1.82) is 0 Å². The summed E-state index contributed by atoms with van der Waals surface area (Å²) in [4.78, 5) is 22.8. The first-order valence-electron chi connectivity index (χ1n) is 6.68. The van der Waals surface area contributed by atoms with Crippen LogP contribution in [0.5, 0.6) is 0 Å². The van der Waals surface area contributed by atoms with Crippen LogP contribution in [0.25, 0.3) is 0 Å². The molecule has 0 fully saturated rings. The molecule has 4 nitrogen and oxygen atoms in total. The predicted octanol–water partition coefficient (Wildman–Crippen LogP) is 3.06. The minimum absolute atomic E-state index is 0.0464. The summed E-state index contributed by atoms with van der Waals surface area (Å²) >= 11 is 0. The number of hydrogen-bond acceptors (Lipinski definition) is 3. The maximum Gasteiger partial charge on any atom is 0.407 e. The molecule has 0 atom stereocenters. The van der Waals surface area contributed by atoms with Crippen LogP contribution in [0, 0.1) is 0 Å². The minimum Gasteiger partial charge on any atom is -0.445 e. The molecule has 104 valence electrons. The van der Waals surface area contributed by atoms with E-state index in [1.54, 1.807) is 0 Å². The Hall–Kier alpha value is -1.84. The third-order valence-electron chi connectivity index (χ3n) is 2.70. The van der Waals surface area contributed by atoms with Gasteiger partial charge in [0.2, 0.25) is 0 Å². The van der Waals surface area contributed by atoms with Crippen molar-refractivity contribution in [2.75, 3.05) is 6.54 Å². The molecule has 1 amide bonds. The normalized spacial score (nSPS) is 9.95. The fourth-order valence-corrected chi connectivity index (χ4v) is 1.61. The van der Waals surface area contributed by atoms with E-state index in [-0.39, 0.29) is 18.9 Å². The third-order valence-corrected chi connectivity index (χ3v) is 2.70. The lowest BCUT2D eigenvalue weighted by molar-refractivity contribution is -0.118. The van der Waals surface area contributed by atoms with Crippen LogP contribution in [0.3, 0.4) is 0 Å². The number of alkyl carbamates (subject to hydrolysis) is 1. The first-order valence-corrected chi connectivity index (χ1v) is 6.68. The molecule has 0 unspecified atom stereocenters. The summed E-state index contributed by atoms with van der Waals surface area (Å²) in [5.41, 5.74) is 0.923. The lowest BCUT2D eigenvalue weighted by Gasteiger charge is -2.06. The molecule has 0 aliphatic heterocycles. The van der Waals surface area contributed by atoms with Crippen molar-refractivity contribution in [2.24, 2.45) is 0 Å². The van der Waals surface area contributed by atoms with Crippen LogP contribution in [0.15, 0.2) is 30.3 Å². The number of ether oxygens (including phenoxy) is 1. The topological polar surface area (TPSA) is 55.4 Å². The maximum atomic E-state index is 11.4. The third kappa shape index (κ3) is 7.24. The summed E-state index contributed by atoms with van der Waals surface area (Å²) in [5, 5.41) is 2.47. The average molecular weight is 263 g/mol. The second-order valence-corrected chi connectivity index (χ2v) is 4.41. The Balaban J connectivity index is 2.12. The highest BCUT2D eigenvalue weighted by Crippen LogP contribution is 2.01. The van der Waals surface area contributed by atoms with Crippen LogP contribution in [-0.2, 0) is 16.1 Å². The Labute approximate surface area is 114 Å². The van der Waals surface area contributed by atoms with Gasteiger partial charge in [-0.15, -0.1) is 0 Å². The Kier molecular flexibility index (Phi) is 7.32. The molecule has 0 aromatic heterocycles. The molecule has 0 saturated heterocycles. The first kappa shape index (κ1) is 15.2. The molecule has 0 spiro atoms. The van der Waals surface area contributed by atoms with E-state index in [2.05, 4.69) is 12.2 Å². The van der Waals surface area contributed by atoms with Crippen molar-refractivity contribution in [2.45, 2.75) is 39.2 Å². The standard InChI is InChI=1S/C15H21NO3/c1-2-3-5-10-14(17)11-16-15(18)19-12-13-8-6-4-7-9-13/h4,6-9H,2-3,5,10-12H2,1H3,(H,16,18). The molecule has 0 saturated carbocycles. The van der Waals surface area contributed by atoms with E-state index in [0.717, 1.165) is 24.8 Å². The van der Waals surface area contributed by atoms with E-state index in [4.69, 9.17) is 4.74 Å². The summed E-state index contributed by atoms with van der Waals surface area (Å²) in [6.07, 6.45) is 2.99. The van der Waals surface area contributed by atoms with E-state index in [0.29, 0.717) is 6.42 Å². The minimum atomic E-state index is -0.548. The van der Waals surface area contributed by atoms with Crippen LogP contribution in [0.2, 0.25) is 0 Å². The second-order valence-electron chi connectivity index (χ2n) is 4.41. The van der Waals surface area contributed by atoms with Crippen LogP contribution < -0.4 is 5.32 Å². The van der Waals surface area contributed by atoms with Crippen LogP contribution >= 0.6 is 0 Å². The SMILES string of the molecule is CCCCCC(=O)CNC(=O)OCc1ccccc1. The summed E-state index contributed by atoms with van der Waals surface area (Å²) in [7, 11) is 0. The van der Waals surface area contributed by atoms with Gasteiger partial charge in [-0.3, -0.25) is 4.79 Å². The Morgan fingerprint density at radius 2 is 1.89 bits per heavy atom. The molecule has 1 N–H and O–H groups in total. The van der Waals surface area contributed by atoms with E-state index < -0.39 is 6.09 Å². The molecule has 0 aliphatic rings. The number of carbonyl (C=O) groups is 2. The zero-order valence-corrected chi connectivity index (χ0v) is 11.4. The molecule has 19 heavy (non-hydrogen) atoms. The van der Waals surface area contributed by atoms with Crippen molar-refractivity contribution in [3.8, 4) is 0 Å². The molecule has 0 radical (unpaired) electrons. The van der Waals surface area contributed by atoms with Crippen molar-refractivity contribution in [3.63, 3.8) is 0 Å². The van der Waals surface area contributed by atoms with Crippen molar-refractivity contribution in [1.82, 2.24) is 5.32 Å². The van der Waals surface area contributed by atoms with E-state index in [9.17, 15) is 9.59 Å². The summed E-state index contributed by atoms with van der Waals surface area (Å²) in [6, 6.07) is 9.42. The number of Topliss-reactive ketones (excluding diaryl/α,β-unsaturated/α-hetero) is 1. The Morgan fingerprint density at radius 3 is 2.58 bits per heavy atom. The molecule has 1 rings (SSSR count). The van der Waals surface area contributed by atoms with Gasteiger partial charge in [0.05, 0.1) is 6.54 Å². The smallest absolute Gasteiger partial charge is 0.407 e. The summed E-state index contributed by atoms with van der Waals surface area (Å²) in [6.45, 7) is 2.36. The first-order chi connectivity index (χ1) is 9.22. The number of nitrogens with one attached hydrogen (secondary N) is 1. The number of unbranched alkanes of at least 4 members (excludes halogenated alkanes) is 2. The quantitative estimate of drug-likeness (QED) is 0.733. The van der Waals surface area contributed by atoms with Gasteiger partial charge in [0.25, 0.3) is 0 Å². The lowest BCUT2D eigenvalue weighted by atomic mass is 10.1. The highest BCUT2D eigenvalue weighted by atomic mass is 16.5. The van der Waals surface area contributed by atoms with Gasteiger partial charge in [-0.25, -0.2) is 4.79 Å².